The fourth-order valence-electron chi connectivity index (χ4n) is 4.15. The van der Waals surface area contributed by atoms with Crippen molar-refractivity contribution < 1.29 is 34.1 Å². The summed E-state index contributed by atoms with van der Waals surface area (Å²) < 4.78 is 11.7. The zero-order valence-corrected chi connectivity index (χ0v) is 21.1. The van der Waals surface area contributed by atoms with Crippen LogP contribution in [-0.4, -0.2) is 28.4 Å². The van der Waals surface area contributed by atoms with E-state index in [2.05, 4.69) is 13.8 Å². The zero-order valence-electron chi connectivity index (χ0n) is 21.1. The van der Waals surface area contributed by atoms with Gasteiger partial charge in [-0.15, -0.1) is 0 Å². The second-order valence-corrected chi connectivity index (χ2v) is 9.33. The van der Waals surface area contributed by atoms with Crippen LogP contribution in [0.2, 0.25) is 0 Å². The summed E-state index contributed by atoms with van der Waals surface area (Å²) in [4.78, 5) is 33.7. The highest BCUT2D eigenvalue weighted by atomic mass is 16.5. The number of rotatable bonds is 9. The number of carbonyl (C=O) groups is 3. The Hall–Kier alpha value is -4.91. The first-order valence-corrected chi connectivity index (χ1v) is 11.8. The minimum atomic E-state index is -1.17. The molecule has 0 aliphatic heterocycles. The largest absolute Gasteiger partial charge is 0.478 e. The molecule has 0 fully saturated rings. The molecule has 0 saturated carbocycles. The van der Waals surface area contributed by atoms with E-state index in [0.717, 1.165) is 11.1 Å². The molecule has 0 amide bonds. The summed E-state index contributed by atoms with van der Waals surface area (Å²) in [6.07, 6.45) is 0.494. The first-order chi connectivity index (χ1) is 18.1. The van der Waals surface area contributed by atoms with Crippen LogP contribution >= 0.6 is 0 Å². The molecular weight excluding hydrogens is 484 g/mol. The zero-order chi connectivity index (χ0) is 27.4. The van der Waals surface area contributed by atoms with Crippen LogP contribution in [0.5, 0.6) is 23.0 Å². The van der Waals surface area contributed by atoms with Crippen molar-refractivity contribution in [2.75, 3.05) is 0 Å². The number of carboxylic acids is 2. The van der Waals surface area contributed by atoms with Gasteiger partial charge in [-0.05, 0) is 84.3 Å². The summed E-state index contributed by atoms with van der Waals surface area (Å²) in [7, 11) is 0. The Kier molecular flexibility index (Phi) is 7.30. The second-order valence-electron chi connectivity index (χ2n) is 9.33. The molecule has 7 heteroatoms. The van der Waals surface area contributed by atoms with Gasteiger partial charge in [0.15, 0.2) is 6.29 Å². The van der Waals surface area contributed by atoms with Gasteiger partial charge in [0.1, 0.15) is 23.0 Å². The van der Waals surface area contributed by atoms with E-state index in [1.54, 1.807) is 19.1 Å². The molecule has 0 spiro atoms. The smallest absolute Gasteiger partial charge is 0.336 e. The Morgan fingerprint density at radius 2 is 1.08 bits per heavy atom. The molecule has 0 aliphatic carbocycles. The predicted octanol–water partition coefficient (Wildman–Crippen LogP) is 7.11. The number of ether oxygens (including phenoxy) is 2. The molecule has 0 saturated heterocycles. The molecule has 0 aromatic heterocycles. The Labute approximate surface area is 219 Å². The van der Waals surface area contributed by atoms with Crippen LogP contribution in [0.25, 0.3) is 0 Å². The second kappa shape index (κ2) is 10.6. The molecule has 2 N–H and O–H groups in total. The normalized spacial score (nSPS) is 11.0. The van der Waals surface area contributed by atoms with Gasteiger partial charge < -0.3 is 19.7 Å². The topological polar surface area (TPSA) is 110 Å². The standard InChI is InChI=1S/C31H26O7/c1-19-16-25(12-14-27(19)29(33)34)37-23-8-4-21(5-9-23)31(2,3)22-6-10-24(11-7-22)38-26-13-15-28(30(35)36)20(17-26)18-32/h4-18H,1-3H3,(H,33,34)(H,35,36). The Bertz CT molecular complexity index is 1500. The number of carbonyl (C=O) groups excluding carboxylic acids is 1. The van der Waals surface area contributed by atoms with E-state index < -0.39 is 11.9 Å². The number of aldehydes is 1. The summed E-state index contributed by atoms with van der Waals surface area (Å²) in [6.45, 7) is 5.94. The fraction of sp³-hybridized carbons (Fsp3) is 0.129. The molecule has 38 heavy (non-hydrogen) atoms. The fourth-order valence-corrected chi connectivity index (χ4v) is 4.15. The lowest BCUT2D eigenvalue weighted by molar-refractivity contribution is 0.0684. The number of benzene rings is 4. The lowest BCUT2D eigenvalue weighted by Gasteiger charge is -2.26. The van der Waals surface area contributed by atoms with Crippen LogP contribution in [0.4, 0.5) is 0 Å². The summed E-state index contributed by atoms with van der Waals surface area (Å²) in [5, 5.41) is 18.4. The van der Waals surface area contributed by atoms with E-state index >= 15 is 0 Å². The van der Waals surface area contributed by atoms with Gasteiger partial charge in [0.2, 0.25) is 0 Å². The molecule has 192 valence electrons. The number of aryl methyl sites for hydroxylation is 1. The van der Waals surface area contributed by atoms with E-state index in [4.69, 9.17) is 9.47 Å². The number of carboxylic acid groups (broad SMARTS) is 2. The van der Waals surface area contributed by atoms with Crippen molar-refractivity contribution in [2.24, 2.45) is 0 Å². The third-order valence-corrected chi connectivity index (χ3v) is 6.43. The molecule has 0 aliphatic rings. The molecule has 0 atom stereocenters. The van der Waals surface area contributed by atoms with Gasteiger partial charge in [-0.1, -0.05) is 38.1 Å². The number of hydrogen-bond donors (Lipinski definition) is 2. The average molecular weight is 511 g/mol. The van der Waals surface area contributed by atoms with Gasteiger partial charge in [0, 0.05) is 11.0 Å². The minimum absolute atomic E-state index is 0.0487. The SMILES string of the molecule is Cc1cc(Oc2ccc(C(C)(C)c3ccc(Oc4ccc(C(=O)O)c(C=O)c4)cc3)cc2)ccc1C(=O)O. The molecule has 0 unspecified atom stereocenters. The van der Waals surface area contributed by atoms with Crippen LogP contribution in [0.3, 0.4) is 0 Å². The van der Waals surface area contributed by atoms with Crippen LogP contribution in [-0.2, 0) is 5.41 Å². The highest BCUT2D eigenvalue weighted by Crippen LogP contribution is 2.35. The maximum atomic E-state index is 11.2. The molecule has 4 aromatic carbocycles. The Morgan fingerprint density at radius 1 is 0.658 bits per heavy atom. The molecule has 0 heterocycles. The quantitative estimate of drug-likeness (QED) is 0.231. The van der Waals surface area contributed by atoms with Crippen LogP contribution < -0.4 is 9.47 Å². The van der Waals surface area contributed by atoms with Gasteiger partial charge in [-0.25, -0.2) is 9.59 Å². The van der Waals surface area contributed by atoms with E-state index in [0.29, 0.717) is 34.8 Å². The van der Waals surface area contributed by atoms with Crippen molar-refractivity contribution in [1.29, 1.82) is 0 Å². The predicted molar refractivity (Wildman–Crippen MR) is 142 cm³/mol. The van der Waals surface area contributed by atoms with Crippen LogP contribution in [0.15, 0.2) is 84.9 Å². The van der Waals surface area contributed by atoms with Gasteiger partial charge in [0.05, 0.1) is 11.1 Å². The molecule has 0 radical (unpaired) electrons. The van der Waals surface area contributed by atoms with Crippen molar-refractivity contribution in [3.63, 3.8) is 0 Å². The average Bonchev–Trinajstić information content (AvgIpc) is 2.89. The first kappa shape index (κ1) is 26.2. The van der Waals surface area contributed by atoms with Gasteiger partial charge in [-0.2, -0.15) is 0 Å². The van der Waals surface area contributed by atoms with E-state index in [1.165, 1.54) is 24.3 Å². The first-order valence-electron chi connectivity index (χ1n) is 11.8. The molecule has 4 aromatic rings. The summed E-state index contributed by atoms with van der Waals surface area (Å²) in [5.74, 6) is -0.0201. The van der Waals surface area contributed by atoms with E-state index in [9.17, 15) is 24.6 Å². The maximum Gasteiger partial charge on any atom is 0.336 e. The van der Waals surface area contributed by atoms with Crippen molar-refractivity contribution in [3.05, 3.63) is 118 Å². The molecule has 7 nitrogen and oxygen atoms in total. The summed E-state index contributed by atoms with van der Waals surface area (Å²) >= 11 is 0. The lowest BCUT2D eigenvalue weighted by Crippen LogP contribution is -2.18. The number of hydrogen-bond acceptors (Lipinski definition) is 5. The highest BCUT2D eigenvalue weighted by Gasteiger charge is 2.23. The van der Waals surface area contributed by atoms with Gasteiger partial charge in [0.25, 0.3) is 0 Å². The third kappa shape index (κ3) is 5.57. The highest BCUT2D eigenvalue weighted by molar-refractivity contribution is 5.97. The molecular formula is C31H26O7. The Balaban J connectivity index is 1.47. The van der Waals surface area contributed by atoms with Gasteiger partial charge in [-0.3, -0.25) is 4.79 Å². The minimum Gasteiger partial charge on any atom is -0.478 e. The summed E-state index contributed by atoms with van der Waals surface area (Å²) in [5.41, 5.74) is 2.63. The number of aromatic carboxylic acids is 2. The lowest BCUT2D eigenvalue weighted by atomic mass is 9.78. The van der Waals surface area contributed by atoms with Gasteiger partial charge >= 0.3 is 11.9 Å². The molecule has 0 bridgehead atoms. The van der Waals surface area contributed by atoms with Crippen LogP contribution in [0, 0.1) is 6.92 Å². The maximum absolute atomic E-state index is 11.2. The van der Waals surface area contributed by atoms with E-state index in [1.807, 2.05) is 48.5 Å². The van der Waals surface area contributed by atoms with Crippen molar-refractivity contribution in [2.45, 2.75) is 26.2 Å². The van der Waals surface area contributed by atoms with Crippen molar-refractivity contribution in [1.82, 2.24) is 0 Å². The van der Waals surface area contributed by atoms with Crippen molar-refractivity contribution in [3.8, 4) is 23.0 Å². The Morgan fingerprint density at radius 3 is 1.50 bits per heavy atom. The monoisotopic (exact) mass is 510 g/mol. The van der Waals surface area contributed by atoms with Crippen molar-refractivity contribution >= 4 is 18.2 Å². The summed E-state index contributed by atoms with van der Waals surface area (Å²) in [6, 6.07) is 24.4. The van der Waals surface area contributed by atoms with E-state index in [-0.39, 0.29) is 22.1 Å². The third-order valence-electron chi connectivity index (χ3n) is 6.43. The van der Waals surface area contributed by atoms with Crippen LogP contribution in [0.1, 0.15) is 61.6 Å². The molecule has 4 rings (SSSR count).